The number of nitrogens with zero attached hydrogens (tertiary/aromatic N) is 1. The van der Waals surface area contributed by atoms with Crippen LogP contribution in [0.1, 0.15) is 21.7 Å². The second-order valence-corrected chi connectivity index (χ2v) is 3.69. The molecule has 0 atom stereocenters. The second kappa shape index (κ2) is 4.72. The lowest BCUT2D eigenvalue weighted by molar-refractivity contribution is 0.0996. The van der Waals surface area contributed by atoms with E-state index in [0.29, 0.717) is 11.3 Å². The molecule has 0 spiro atoms. The number of rotatable bonds is 2. The van der Waals surface area contributed by atoms with Gasteiger partial charge in [-0.25, -0.2) is 4.39 Å². The van der Waals surface area contributed by atoms with Gasteiger partial charge in [-0.3, -0.25) is 4.79 Å². The molecule has 1 aromatic carbocycles. The van der Waals surface area contributed by atoms with Crippen LogP contribution in [0.5, 0.6) is 0 Å². The maximum Gasteiger partial charge on any atom is 0.291 e. The van der Waals surface area contributed by atoms with Gasteiger partial charge in [0.15, 0.2) is 5.76 Å². The minimum atomic E-state index is -0.621. The van der Waals surface area contributed by atoms with Crippen LogP contribution in [-0.2, 0) is 0 Å². The first-order valence-electron chi connectivity index (χ1n) is 5.17. The smallest absolute Gasteiger partial charge is 0.291 e. The lowest BCUT2D eigenvalue weighted by atomic mass is 10.2. The molecule has 1 heterocycles. The summed E-state index contributed by atoms with van der Waals surface area (Å²) < 4.78 is 18.1. The maximum absolute atomic E-state index is 13.1. The summed E-state index contributed by atoms with van der Waals surface area (Å²) in [6, 6.07) is 7.15. The first-order valence-corrected chi connectivity index (χ1v) is 5.17. The fraction of sp³-hybridized carbons (Fsp3) is 0.0769. The van der Waals surface area contributed by atoms with E-state index in [1.807, 2.05) is 0 Å². The average Bonchev–Trinajstić information content (AvgIpc) is 2.78. The van der Waals surface area contributed by atoms with Crippen LogP contribution in [0.3, 0.4) is 0 Å². The summed E-state index contributed by atoms with van der Waals surface area (Å²) in [4.78, 5) is 11.8. The van der Waals surface area contributed by atoms with Crippen LogP contribution < -0.4 is 5.32 Å². The number of nitrogens with one attached hydrogen (secondary N) is 1. The maximum atomic E-state index is 13.1. The number of benzene rings is 1. The number of nitriles is 1. The van der Waals surface area contributed by atoms with E-state index in [1.165, 1.54) is 18.4 Å². The molecule has 0 fully saturated rings. The number of hydrogen-bond donors (Lipinski definition) is 1. The number of halogens is 1. The fourth-order valence-corrected chi connectivity index (χ4v) is 1.48. The van der Waals surface area contributed by atoms with E-state index in [-0.39, 0.29) is 11.3 Å². The number of carbonyl (C=O) groups is 1. The van der Waals surface area contributed by atoms with Crippen LogP contribution in [0.2, 0.25) is 0 Å². The zero-order valence-corrected chi connectivity index (χ0v) is 9.53. The largest absolute Gasteiger partial charge is 0.459 e. The molecule has 0 aliphatic carbocycles. The van der Waals surface area contributed by atoms with Gasteiger partial charge in [0.1, 0.15) is 11.9 Å². The Hall–Kier alpha value is -2.61. The van der Waals surface area contributed by atoms with E-state index < -0.39 is 11.7 Å². The summed E-state index contributed by atoms with van der Waals surface area (Å²) in [5.41, 5.74) is 0.924. The van der Waals surface area contributed by atoms with Gasteiger partial charge in [-0.1, -0.05) is 0 Å². The quantitative estimate of drug-likeness (QED) is 0.883. The Bertz CT molecular complexity index is 641. The number of amides is 1. The molecule has 18 heavy (non-hydrogen) atoms. The minimum Gasteiger partial charge on any atom is -0.459 e. The first-order chi connectivity index (χ1) is 8.61. The van der Waals surface area contributed by atoms with Crippen molar-refractivity contribution in [3.63, 3.8) is 0 Å². The summed E-state index contributed by atoms with van der Waals surface area (Å²) in [6.07, 6.45) is 1.41. The molecule has 1 amide bonds. The van der Waals surface area contributed by atoms with Crippen LogP contribution in [0.25, 0.3) is 0 Å². The molecule has 0 unspecified atom stereocenters. The highest BCUT2D eigenvalue weighted by Crippen LogP contribution is 2.16. The van der Waals surface area contributed by atoms with Gasteiger partial charge in [0.25, 0.3) is 5.91 Å². The van der Waals surface area contributed by atoms with E-state index >= 15 is 0 Å². The van der Waals surface area contributed by atoms with Crippen molar-refractivity contribution in [2.24, 2.45) is 0 Å². The predicted molar refractivity (Wildman–Crippen MR) is 62.5 cm³/mol. The monoisotopic (exact) mass is 244 g/mol. The average molecular weight is 244 g/mol. The van der Waals surface area contributed by atoms with Crippen LogP contribution in [0.4, 0.5) is 10.1 Å². The Morgan fingerprint density at radius 2 is 2.22 bits per heavy atom. The normalized spacial score (nSPS) is 9.83. The highest BCUT2D eigenvalue weighted by molar-refractivity contribution is 6.03. The highest BCUT2D eigenvalue weighted by atomic mass is 19.1. The molecule has 0 saturated carbocycles. The molecule has 1 N–H and O–H groups in total. The molecule has 1 aromatic heterocycles. The zero-order valence-electron chi connectivity index (χ0n) is 9.53. The van der Waals surface area contributed by atoms with Crippen molar-refractivity contribution in [2.45, 2.75) is 6.92 Å². The van der Waals surface area contributed by atoms with Crippen molar-refractivity contribution in [1.82, 2.24) is 0 Å². The molecule has 2 rings (SSSR count). The minimum absolute atomic E-state index is 0.121. The third-order valence-electron chi connectivity index (χ3n) is 2.41. The Kier molecular flexibility index (Phi) is 3.11. The van der Waals surface area contributed by atoms with E-state index in [2.05, 4.69) is 5.32 Å². The van der Waals surface area contributed by atoms with Gasteiger partial charge in [-0.05, 0) is 31.2 Å². The third kappa shape index (κ3) is 2.23. The highest BCUT2D eigenvalue weighted by Gasteiger charge is 2.13. The van der Waals surface area contributed by atoms with Crippen molar-refractivity contribution in [2.75, 3.05) is 5.32 Å². The van der Waals surface area contributed by atoms with Gasteiger partial charge in [0.05, 0.1) is 11.8 Å². The molecule has 0 bridgehead atoms. The van der Waals surface area contributed by atoms with Crippen molar-refractivity contribution >= 4 is 11.6 Å². The van der Waals surface area contributed by atoms with Crippen molar-refractivity contribution in [3.8, 4) is 6.07 Å². The summed E-state index contributed by atoms with van der Waals surface area (Å²) >= 11 is 0. The molecule has 0 radical (unpaired) electrons. The second-order valence-electron chi connectivity index (χ2n) is 3.69. The Labute approximate surface area is 103 Å². The van der Waals surface area contributed by atoms with Crippen LogP contribution in [0, 0.1) is 24.1 Å². The van der Waals surface area contributed by atoms with E-state index in [4.69, 9.17) is 9.68 Å². The molecular weight excluding hydrogens is 235 g/mol. The molecular formula is C13H9FN2O2. The van der Waals surface area contributed by atoms with E-state index in [0.717, 1.165) is 6.07 Å². The Balaban J connectivity index is 2.23. The number of furan rings is 1. The Morgan fingerprint density at radius 1 is 1.44 bits per heavy atom. The van der Waals surface area contributed by atoms with Crippen molar-refractivity contribution in [3.05, 3.63) is 53.2 Å². The summed E-state index contributed by atoms with van der Waals surface area (Å²) in [7, 11) is 0. The molecule has 0 saturated heterocycles. The molecule has 0 aliphatic heterocycles. The zero-order chi connectivity index (χ0) is 13.1. The van der Waals surface area contributed by atoms with Gasteiger partial charge in [-0.15, -0.1) is 0 Å². The summed E-state index contributed by atoms with van der Waals surface area (Å²) in [5.74, 6) is -0.865. The lowest BCUT2D eigenvalue weighted by Crippen LogP contribution is -2.12. The standard InChI is InChI=1S/C13H9FN2O2/c1-8-4-5-18-12(8)13(17)16-10-2-3-11(14)9(6-10)7-15/h2-6H,1H3,(H,16,17). The van der Waals surface area contributed by atoms with Gasteiger partial charge in [0.2, 0.25) is 0 Å². The predicted octanol–water partition coefficient (Wildman–Crippen LogP) is 2.85. The fourth-order valence-electron chi connectivity index (χ4n) is 1.48. The molecule has 2 aromatic rings. The number of carbonyl (C=O) groups excluding carboxylic acids is 1. The molecule has 90 valence electrons. The van der Waals surface area contributed by atoms with E-state index in [9.17, 15) is 9.18 Å². The van der Waals surface area contributed by atoms with E-state index in [1.54, 1.807) is 19.1 Å². The number of hydrogen-bond acceptors (Lipinski definition) is 3. The number of aryl methyl sites for hydroxylation is 1. The summed E-state index contributed by atoms with van der Waals surface area (Å²) in [5, 5.41) is 11.2. The van der Waals surface area contributed by atoms with Crippen LogP contribution in [0.15, 0.2) is 34.9 Å². The topological polar surface area (TPSA) is 66.0 Å². The van der Waals surface area contributed by atoms with Crippen LogP contribution >= 0.6 is 0 Å². The van der Waals surface area contributed by atoms with Crippen LogP contribution in [-0.4, -0.2) is 5.91 Å². The van der Waals surface area contributed by atoms with Crippen molar-refractivity contribution < 1.29 is 13.6 Å². The first kappa shape index (κ1) is 11.9. The van der Waals surface area contributed by atoms with Gasteiger partial charge in [0, 0.05) is 11.3 Å². The lowest BCUT2D eigenvalue weighted by Gasteiger charge is -2.04. The SMILES string of the molecule is Cc1ccoc1C(=O)Nc1ccc(F)c(C#N)c1. The number of anilines is 1. The van der Waals surface area contributed by atoms with Crippen molar-refractivity contribution in [1.29, 1.82) is 5.26 Å². The molecule has 5 heteroatoms. The summed E-state index contributed by atoms with van der Waals surface area (Å²) in [6.45, 7) is 1.74. The molecule has 4 nitrogen and oxygen atoms in total. The Morgan fingerprint density at radius 3 is 2.83 bits per heavy atom. The van der Waals surface area contributed by atoms with Gasteiger partial charge < -0.3 is 9.73 Å². The van der Waals surface area contributed by atoms with Gasteiger partial charge >= 0.3 is 0 Å². The van der Waals surface area contributed by atoms with Gasteiger partial charge in [-0.2, -0.15) is 5.26 Å². The third-order valence-corrected chi connectivity index (χ3v) is 2.41. The molecule has 0 aliphatic rings.